The van der Waals surface area contributed by atoms with Crippen molar-refractivity contribution in [2.24, 2.45) is 23.0 Å². The number of rotatable bonds is 8. The van der Waals surface area contributed by atoms with Gasteiger partial charge in [-0.25, -0.2) is 0 Å². The van der Waals surface area contributed by atoms with Crippen molar-refractivity contribution in [3.8, 4) is 0 Å². The molecule has 0 radical (unpaired) electrons. The predicted octanol–water partition coefficient (Wildman–Crippen LogP) is 2.79. The summed E-state index contributed by atoms with van der Waals surface area (Å²) in [5.74, 6) is 1.45. The van der Waals surface area contributed by atoms with Gasteiger partial charge in [-0.3, -0.25) is 0 Å². The van der Waals surface area contributed by atoms with Crippen LogP contribution in [0.2, 0.25) is 0 Å². The summed E-state index contributed by atoms with van der Waals surface area (Å²) in [7, 11) is 0. The minimum atomic E-state index is 0.379. The van der Waals surface area contributed by atoms with Crippen LogP contribution in [0, 0.1) is 17.3 Å². The molecule has 3 nitrogen and oxygen atoms in total. The van der Waals surface area contributed by atoms with Gasteiger partial charge < -0.3 is 15.8 Å². The van der Waals surface area contributed by atoms with E-state index in [0.717, 1.165) is 38.6 Å². The lowest BCUT2D eigenvalue weighted by molar-refractivity contribution is 0.177. The van der Waals surface area contributed by atoms with E-state index in [1.165, 1.54) is 19.3 Å². The summed E-state index contributed by atoms with van der Waals surface area (Å²) in [5.41, 5.74) is 6.11. The summed E-state index contributed by atoms with van der Waals surface area (Å²) in [6, 6.07) is 0.588. The molecule has 3 N–H and O–H groups in total. The zero-order valence-corrected chi connectivity index (χ0v) is 13.4. The van der Waals surface area contributed by atoms with Crippen molar-refractivity contribution in [2.75, 3.05) is 26.3 Å². The lowest BCUT2D eigenvalue weighted by Gasteiger charge is -2.31. The molecule has 0 saturated carbocycles. The summed E-state index contributed by atoms with van der Waals surface area (Å²) in [5, 5.41) is 3.66. The zero-order valence-electron chi connectivity index (χ0n) is 13.4. The Morgan fingerprint density at radius 3 is 2.58 bits per heavy atom. The van der Waals surface area contributed by atoms with Crippen LogP contribution in [-0.2, 0) is 4.74 Å². The Morgan fingerprint density at radius 1 is 1.32 bits per heavy atom. The van der Waals surface area contributed by atoms with Gasteiger partial charge >= 0.3 is 0 Å². The second-order valence-electron chi connectivity index (χ2n) is 7.15. The van der Waals surface area contributed by atoms with Gasteiger partial charge in [0.1, 0.15) is 0 Å². The average molecular weight is 270 g/mol. The van der Waals surface area contributed by atoms with Gasteiger partial charge in [-0.15, -0.1) is 0 Å². The second kappa shape index (κ2) is 8.23. The Bertz CT molecular complexity index is 231. The van der Waals surface area contributed by atoms with E-state index < -0.39 is 0 Å². The van der Waals surface area contributed by atoms with Crippen molar-refractivity contribution in [3.63, 3.8) is 0 Å². The van der Waals surface area contributed by atoms with Crippen LogP contribution in [0.25, 0.3) is 0 Å². The Hall–Kier alpha value is -0.120. The molecule has 1 saturated heterocycles. The largest absolute Gasteiger partial charge is 0.381 e. The number of nitrogens with two attached hydrogens (primary N) is 1. The summed E-state index contributed by atoms with van der Waals surface area (Å²) < 4.78 is 5.45. The molecule has 0 aromatic heterocycles. The Morgan fingerprint density at radius 2 is 2.05 bits per heavy atom. The molecule has 0 aliphatic carbocycles. The first-order valence-corrected chi connectivity index (χ1v) is 7.96. The van der Waals surface area contributed by atoms with Gasteiger partial charge in [-0.2, -0.15) is 0 Å². The fraction of sp³-hybridized carbons (Fsp3) is 1.00. The van der Waals surface area contributed by atoms with Gasteiger partial charge in [-0.1, -0.05) is 20.8 Å². The first kappa shape index (κ1) is 16.9. The molecule has 3 heteroatoms. The van der Waals surface area contributed by atoms with Crippen LogP contribution >= 0.6 is 0 Å². The molecular weight excluding hydrogens is 236 g/mol. The van der Waals surface area contributed by atoms with E-state index in [4.69, 9.17) is 10.5 Å². The van der Waals surface area contributed by atoms with E-state index in [0.29, 0.717) is 17.4 Å². The molecule has 1 heterocycles. The quantitative estimate of drug-likeness (QED) is 0.667. The highest BCUT2D eigenvalue weighted by atomic mass is 16.5. The molecule has 1 aliphatic heterocycles. The Labute approximate surface area is 119 Å². The summed E-state index contributed by atoms with van der Waals surface area (Å²) in [4.78, 5) is 0. The van der Waals surface area contributed by atoms with Gasteiger partial charge in [-0.05, 0) is 62.9 Å². The third-order valence-corrected chi connectivity index (χ3v) is 4.61. The molecule has 0 aromatic carbocycles. The summed E-state index contributed by atoms with van der Waals surface area (Å²) >= 11 is 0. The van der Waals surface area contributed by atoms with Crippen LogP contribution in [-0.4, -0.2) is 32.3 Å². The van der Waals surface area contributed by atoms with Crippen LogP contribution < -0.4 is 11.1 Å². The molecule has 1 fully saturated rings. The molecule has 3 atom stereocenters. The van der Waals surface area contributed by atoms with Gasteiger partial charge in [0.2, 0.25) is 0 Å². The van der Waals surface area contributed by atoms with Gasteiger partial charge in [0.15, 0.2) is 0 Å². The minimum Gasteiger partial charge on any atom is -0.381 e. The van der Waals surface area contributed by atoms with Crippen molar-refractivity contribution in [1.82, 2.24) is 5.32 Å². The van der Waals surface area contributed by atoms with Crippen molar-refractivity contribution in [2.45, 2.75) is 59.4 Å². The maximum Gasteiger partial charge on any atom is 0.0509 e. The SMILES string of the molecule is CC(NCCCC(CCN)C(C)(C)C)C1CCOC1. The highest BCUT2D eigenvalue weighted by molar-refractivity contribution is 4.77. The normalized spacial score (nSPS) is 23.5. The smallest absolute Gasteiger partial charge is 0.0509 e. The van der Waals surface area contributed by atoms with Gasteiger partial charge in [0.05, 0.1) is 6.61 Å². The highest BCUT2D eigenvalue weighted by Gasteiger charge is 2.24. The molecule has 0 bridgehead atoms. The fourth-order valence-electron chi connectivity index (χ4n) is 3.00. The molecule has 19 heavy (non-hydrogen) atoms. The lowest BCUT2D eigenvalue weighted by Crippen LogP contribution is -2.35. The predicted molar refractivity (Wildman–Crippen MR) is 82.2 cm³/mol. The molecule has 3 unspecified atom stereocenters. The molecule has 1 aliphatic rings. The second-order valence-corrected chi connectivity index (χ2v) is 7.15. The summed E-state index contributed by atoms with van der Waals surface area (Å²) in [6.45, 7) is 13.1. The van der Waals surface area contributed by atoms with Crippen LogP contribution in [0.15, 0.2) is 0 Å². The maximum absolute atomic E-state index is 5.73. The standard InChI is InChI=1S/C16H34N2O/c1-13(14-8-11-19-12-14)18-10-5-6-15(7-9-17)16(2,3)4/h13-15,18H,5-12,17H2,1-4H3. The van der Waals surface area contributed by atoms with Crippen molar-refractivity contribution in [1.29, 1.82) is 0 Å². The van der Waals surface area contributed by atoms with Crippen LogP contribution in [0.5, 0.6) is 0 Å². The third kappa shape index (κ3) is 6.24. The molecule has 114 valence electrons. The van der Waals surface area contributed by atoms with E-state index >= 15 is 0 Å². The Balaban J connectivity index is 2.17. The number of nitrogens with one attached hydrogen (secondary N) is 1. The molecule has 1 rings (SSSR count). The lowest BCUT2D eigenvalue weighted by atomic mass is 9.76. The zero-order chi connectivity index (χ0) is 14.3. The topological polar surface area (TPSA) is 47.3 Å². The van der Waals surface area contributed by atoms with Crippen molar-refractivity contribution < 1.29 is 4.74 Å². The van der Waals surface area contributed by atoms with E-state index in [2.05, 4.69) is 33.0 Å². The number of hydrogen-bond acceptors (Lipinski definition) is 3. The van der Waals surface area contributed by atoms with E-state index in [1.807, 2.05) is 0 Å². The summed E-state index contributed by atoms with van der Waals surface area (Å²) in [6.07, 6.45) is 4.89. The van der Waals surface area contributed by atoms with E-state index in [1.54, 1.807) is 0 Å². The van der Waals surface area contributed by atoms with E-state index in [-0.39, 0.29) is 0 Å². The van der Waals surface area contributed by atoms with Crippen molar-refractivity contribution in [3.05, 3.63) is 0 Å². The fourth-order valence-corrected chi connectivity index (χ4v) is 3.00. The molecular formula is C16H34N2O. The van der Waals surface area contributed by atoms with E-state index in [9.17, 15) is 0 Å². The molecule has 0 aromatic rings. The maximum atomic E-state index is 5.73. The molecule has 0 spiro atoms. The molecule has 0 amide bonds. The van der Waals surface area contributed by atoms with Gasteiger partial charge in [0.25, 0.3) is 0 Å². The highest BCUT2D eigenvalue weighted by Crippen LogP contribution is 2.31. The third-order valence-electron chi connectivity index (χ3n) is 4.61. The number of ether oxygens (including phenoxy) is 1. The average Bonchev–Trinajstić information content (AvgIpc) is 2.85. The van der Waals surface area contributed by atoms with Crippen LogP contribution in [0.3, 0.4) is 0 Å². The van der Waals surface area contributed by atoms with Gasteiger partial charge in [0, 0.05) is 12.6 Å². The van der Waals surface area contributed by atoms with Crippen LogP contribution in [0.4, 0.5) is 0 Å². The Kier molecular flexibility index (Phi) is 7.33. The van der Waals surface area contributed by atoms with Crippen molar-refractivity contribution >= 4 is 0 Å². The first-order valence-electron chi connectivity index (χ1n) is 7.96. The monoisotopic (exact) mass is 270 g/mol. The minimum absolute atomic E-state index is 0.379. The first-order chi connectivity index (χ1) is 8.95. The van der Waals surface area contributed by atoms with Crippen LogP contribution in [0.1, 0.15) is 53.4 Å². The number of hydrogen-bond donors (Lipinski definition) is 2.